The first-order valence-corrected chi connectivity index (χ1v) is 8.16. The number of nitrogens with zero attached hydrogens (tertiary/aromatic N) is 1. The number of hydrogen-bond donors (Lipinski definition) is 2. The Morgan fingerprint density at radius 2 is 1.95 bits per heavy atom. The third kappa shape index (κ3) is 4.83. The molecular formula is C16H29NO5. The van der Waals surface area contributed by atoms with Gasteiger partial charge in [0.2, 0.25) is 0 Å². The molecule has 2 rings (SSSR count). The van der Waals surface area contributed by atoms with Gasteiger partial charge >= 0.3 is 6.09 Å². The maximum Gasteiger partial charge on any atom is 0.410 e. The van der Waals surface area contributed by atoms with Gasteiger partial charge in [-0.05, 0) is 52.9 Å². The lowest BCUT2D eigenvalue weighted by atomic mass is 9.84. The highest BCUT2D eigenvalue weighted by Crippen LogP contribution is 2.32. The molecule has 2 N–H and O–H groups in total. The summed E-state index contributed by atoms with van der Waals surface area (Å²) in [4.78, 5) is 14.0. The predicted molar refractivity (Wildman–Crippen MR) is 81.6 cm³/mol. The van der Waals surface area contributed by atoms with Crippen molar-refractivity contribution >= 4 is 6.09 Å². The molecule has 2 heterocycles. The van der Waals surface area contributed by atoms with E-state index in [0.29, 0.717) is 45.3 Å². The smallest absolute Gasteiger partial charge is 0.410 e. The highest BCUT2D eigenvalue weighted by Gasteiger charge is 2.40. The fourth-order valence-electron chi connectivity index (χ4n) is 3.16. The van der Waals surface area contributed by atoms with Crippen molar-refractivity contribution in [1.82, 2.24) is 4.90 Å². The topological polar surface area (TPSA) is 79.2 Å². The number of carbonyl (C=O) groups excluding carboxylic acids is 1. The van der Waals surface area contributed by atoms with E-state index in [-0.39, 0.29) is 12.6 Å². The molecule has 6 heteroatoms. The molecule has 1 amide bonds. The molecule has 0 aliphatic carbocycles. The molecule has 2 saturated heterocycles. The number of β-amino-alcohol motifs (C(OH)–C–C–N with tert-alkyl or cyclic N) is 1. The number of rotatable bonds is 2. The Morgan fingerprint density at radius 3 is 2.55 bits per heavy atom. The van der Waals surface area contributed by atoms with Crippen molar-refractivity contribution in [2.45, 2.75) is 76.2 Å². The first-order chi connectivity index (χ1) is 10.2. The average molecular weight is 315 g/mol. The van der Waals surface area contributed by atoms with E-state index in [1.807, 2.05) is 20.8 Å². The second-order valence-electron chi connectivity index (χ2n) is 7.56. The van der Waals surface area contributed by atoms with Gasteiger partial charge in [-0.3, -0.25) is 0 Å². The van der Waals surface area contributed by atoms with Crippen molar-refractivity contribution in [2.24, 2.45) is 0 Å². The van der Waals surface area contributed by atoms with Crippen LogP contribution in [0.15, 0.2) is 0 Å². The SMILES string of the molecule is CC(C)(C)OC(=O)N1CC(O)CCC1CC1(O)CCOCC1. The fourth-order valence-corrected chi connectivity index (χ4v) is 3.16. The average Bonchev–Trinajstić information content (AvgIpc) is 2.39. The van der Waals surface area contributed by atoms with E-state index in [1.165, 1.54) is 0 Å². The molecule has 2 aliphatic heterocycles. The van der Waals surface area contributed by atoms with Crippen molar-refractivity contribution < 1.29 is 24.5 Å². The molecule has 0 saturated carbocycles. The molecule has 2 unspecified atom stereocenters. The number of likely N-dealkylation sites (tertiary alicyclic amines) is 1. The Morgan fingerprint density at radius 1 is 1.32 bits per heavy atom. The summed E-state index contributed by atoms with van der Waals surface area (Å²) in [6, 6.07) is -0.0960. The van der Waals surface area contributed by atoms with Crippen molar-refractivity contribution in [3.8, 4) is 0 Å². The van der Waals surface area contributed by atoms with Gasteiger partial charge in [-0.25, -0.2) is 4.79 Å². The molecule has 128 valence electrons. The van der Waals surface area contributed by atoms with Crippen molar-refractivity contribution in [2.75, 3.05) is 19.8 Å². The summed E-state index contributed by atoms with van der Waals surface area (Å²) in [6.07, 6.45) is 2.10. The van der Waals surface area contributed by atoms with Gasteiger partial charge in [0.1, 0.15) is 5.60 Å². The molecule has 0 spiro atoms. The first kappa shape index (κ1) is 17.5. The second-order valence-corrected chi connectivity index (χ2v) is 7.56. The maximum absolute atomic E-state index is 12.4. The molecule has 2 fully saturated rings. The van der Waals surface area contributed by atoms with E-state index in [2.05, 4.69) is 0 Å². The Kier molecular flexibility index (Phi) is 5.35. The minimum atomic E-state index is -0.786. The molecule has 2 atom stereocenters. The van der Waals surface area contributed by atoms with Crippen LogP contribution in [0.4, 0.5) is 4.79 Å². The monoisotopic (exact) mass is 315 g/mol. The number of aliphatic hydroxyl groups excluding tert-OH is 1. The minimum Gasteiger partial charge on any atom is -0.444 e. The van der Waals surface area contributed by atoms with Gasteiger partial charge in [0.05, 0.1) is 18.2 Å². The lowest BCUT2D eigenvalue weighted by Gasteiger charge is -2.43. The van der Waals surface area contributed by atoms with E-state index in [9.17, 15) is 15.0 Å². The van der Waals surface area contributed by atoms with E-state index in [0.717, 1.165) is 0 Å². The summed E-state index contributed by atoms with van der Waals surface area (Å²) in [6.45, 7) is 6.85. The zero-order valence-electron chi connectivity index (χ0n) is 13.9. The van der Waals surface area contributed by atoms with Crippen molar-refractivity contribution in [3.63, 3.8) is 0 Å². The summed E-state index contributed by atoms with van der Waals surface area (Å²) in [5.41, 5.74) is -1.36. The normalized spacial score (nSPS) is 29.2. The molecule has 0 aromatic rings. The first-order valence-electron chi connectivity index (χ1n) is 8.16. The van der Waals surface area contributed by atoms with E-state index < -0.39 is 23.4 Å². The zero-order chi connectivity index (χ0) is 16.4. The third-order valence-electron chi connectivity index (χ3n) is 4.35. The Bertz CT molecular complexity index is 386. The fraction of sp³-hybridized carbons (Fsp3) is 0.938. The van der Waals surface area contributed by atoms with Crippen LogP contribution in [0, 0.1) is 0 Å². The molecule has 6 nitrogen and oxygen atoms in total. The quantitative estimate of drug-likeness (QED) is 0.810. The predicted octanol–water partition coefficient (Wildman–Crippen LogP) is 1.68. The van der Waals surface area contributed by atoms with Gasteiger partial charge in [0.25, 0.3) is 0 Å². The molecule has 0 radical (unpaired) electrons. The van der Waals surface area contributed by atoms with Crippen LogP contribution in [-0.4, -0.2) is 64.3 Å². The summed E-state index contributed by atoms with van der Waals surface area (Å²) in [5.74, 6) is 0. The lowest BCUT2D eigenvalue weighted by molar-refractivity contribution is -0.0892. The van der Waals surface area contributed by atoms with Crippen LogP contribution in [0.2, 0.25) is 0 Å². The summed E-state index contributed by atoms with van der Waals surface area (Å²) in [7, 11) is 0. The number of aliphatic hydroxyl groups is 2. The second kappa shape index (κ2) is 6.72. The van der Waals surface area contributed by atoms with Gasteiger partial charge in [-0.15, -0.1) is 0 Å². The van der Waals surface area contributed by atoms with E-state index in [4.69, 9.17) is 9.47 Å². The number of carbonyl (C=O) groups is 1. The Hall–Kier alpha value is -0.850. The van der Waals surface area contributed by atoms with Crippen LogP contribution in [0.1, 0.15) is 52.9 Å². The number of piperidine rings is 1. The highest BCUT2D eigenvalue weighted by atomic mass is 16.6. The van der Waals surface area contributed by atoms with Gasteiger partial charge < -0.3 is 24.6 Å². The Balaban J connectivity index is 2.04. The van der Waals surface area contributed by atoms with Crippen molar-refractivity contribution in [1.29, 1.82) is 0 Å². The van der Waals surface area contributed by atoms with Crippen molar-refractivity contribution in [3.05, 3.63) is 0 Å². The van der Waals surface area contributed by atoms with Crippen LogP contribution >= 0.6 is 0 Å². The standard InChI is InChI=1S/C16H29NO5/c1-15(2,3)22-14(19)17-11-13(18)5-4-12(17)10-16(20)6-8-21-9-7-16/h12-13,18,20H,4-11H2,1-3H3. The Labute approximate surface area is 132 Å². The summed E-state index contributed by atoms with van der Waals surface area (Å²) >= 11 is 0. The van der Waals surface area contributed by atoms with Crippen LogP contribution in [0.25, 0.3) is 0 Å². The maximum atomic E-state index is 12.4. The van der Waals surface area contributed by atoms with Crippen LogP contribution in [-0.2, 0) is 9.47 Å². The summed E-state index contributed by atoms with van der Waals surface area (Å²) < 4.78 is 10.8. The van der Waals surface area contributed by atoms with Crippen LogP contribution in [0.5, 0.6) is 0 Å². The highest BCUT2D eigenvalue weighted by molar-refractivity contribution is 5.68. The molecular weight excluding hydrogens is 286 g/mol. The van der Waals surface area contributed by atoms with Gasteiger partial charge in [0.15, 0.2) is 0 Å². The van der Waals surface area contributed by atoms with Crippen LogP contribution < -0.4 is 0 Å². The van der Waals surface area contributed by atoms with Crippen LogP contribution in [0.3, 0.4) is 0 Å². The molecule has 0 bridgehead atoms. The number of amides is 1. The zero-order valence-corrected chi connectivity index (χ0v) is 13.9. The minimum absolute atomic E-state index is 0.0960. The largest absolute Gasteiger partial charge is 0.444 e. The molecule has 2 aliphatic rings. The van der Waals surface area contributed by atoms with Gasteiger partial charge in [-0.2, -0.15) is 0 Å². The molecule has 22 heavy (non-hydrogen) atoms. The van der Waals surface area contributed by atoms with Gasteiger partial charge in [0, 0.05) is 19.3 Å². The van der Waals surface area contributed by atoms with Gasteiger partial charge in [-0.1, -0.05) is 0 Å². The molecule has 0 aromatic heterocycles. The summed E-state index contributed by atoms with van der Waals surface area (Å²) in [5, 5.41) is 20.6. The third-order valence-corrected chi connectivity index (χ3v) is 4.35. The number of ether oxygens (including phenoxy) is 2. The molecule has 0 aromatic carbocycles. The van der Waals surface area contributed by atoms with E-state index >= 15 is 0 Å². The lowest BCUT2D eigenvalue weighted by Crippen LogP contribution is -2.53. The number of hydrogen-bond acceptors (Lipinski definition) is 5. The van der Waals surface area contributed by atoms with E-state index in [1.54, 1.807) is 4.90 Å².